The van der Waals surface area contributed by atoms with Crippen LogP contribution in [0.1, 0.15) is 0 Å². The average Bonchev–Trinajstić information content (AvgIpc) is 2.58. The molecule has 3 nitrogen and oxygen atoms in total. The number of rotatable bonds is 1. The smallest absolute Gasteiger partial charge is 0.104 e. The van der Waals surface area contributed by atoms with E-state index in [9.17, 15) is 0 Å². The lowest BCUT2D eigenvalue weighted by molar-refractivity contribution is 0.0238. The molecule has 0 amide bonds. The molecular weight excluding hydrogens is 142 g/mol. The van der Waals surface area contributed by atoms with Gasteiger partial charge < -0.3 is 0 Å². The molecule has 1 aliphatic heterocycles. The maximum absolute atomic E-state index is 5.15. The van der Waals surface area contributed by atoms with Gasteiger partial charge in [0.25, 0.3) is 0 Å². The third kappa shape index (κ3) is 1.34. The number of hydrogen-bond donors (Lipinski definition) is 0. The maximum Gasteiger partial charge on any atom is 0.104 e. The summed E-state index contributed by atoms with van der Waals surface area (Å²) in [7, 11) is 0. The van der Waals surface area contributed by atoms with Crippen molar-refractivity contribution in [1.82, 2.24) is 0 Å². The zero-order valence-corrected chi connectivity index (χ0v) is 6.06. The summed E-state index contributed by atoms with van der Waals surface area (Å²) in [5.41, 5.74) is 0.935. The summed E-state index contributed by atoms with van der Waals surface area (Å²) in [6, 6.07) is 9.72. The van der Waals surface area contributed by atoms with Gasteiger partial charge in [-0.1, -0.05) is 18.2 Å². The fourth-order valence-corrected chi connectivity index (χ4v) is 0.976. The van der Waals surface area contributed by atoms with Crippen molar-refractivity contribution in [3.63, 3.8) is 0 Å². The van der Waals surface area contributed by atoms with E-state index in [2.05, 4.69) is 0 Å². The van der Waals surface area contributed by atoms with Gasteiger partial charge in [0.05, 0.1) is 5.69 Å². The molecule has 0 spiro atoms. The van der Waals surface area contributed by atoms with Gasteiger partial charge in [-0.2, -0.15) is 0 Å². The van der Waals surface area contributed by atoms with Crippen molar-refractivity contribution in [2.75, 3.05) is 18.4 Å². The first-order chi connectivity index (χ1) is 5.47. The Morgan fingerprint density at radius 1 is 1.00 bits per heavy atom. The zero-order valence-electron chi connectivity index (χ0n) is 6.06. The highest BCUT2D eigenvalue weighted by atomic mass is 17.0. The predicted molar refractivity (Wildman–Crippen MR) is 40.8 cm³/mol. The molecule has 1 fully saturated rings. The van der Waals surface area contributed by atoms with E-state index in [1.165, 1.54) is 5.23 Å². The molecule has 0 radical (unpaired) electrons. The van der Waals surface area contributed by atoms with Crippen LogP contribution in [0.3, 0.4) is 0 Å². The first-order valence-corrected chi connectivity index (χ1v) is 3.58. The highest BCUT2D eigenvalue weighted by molar-refractivity contribution is 5.41. The third-order valence-corrected chi connectivity index (χ3v) is 1.47. The summed E-state index contributed by atoms with van der Waals surface area (Å²) < 4.78 is 0. The number of benzene rings is 1. The van der Waals surface area contributed by atoms with Gasteiger partial charge in [-0.25, -0.2) is 9.68 Å². The lowest BCUT2D eigenvalue weighted by Crippen LogP contribution is -2.13. The SMILES string of the molecule is c1ccc(N2OCCO2)cc1. The van der Waals surface area contributed by atoms with Crippen molar-refractivity contribution >= 4 is 5.69 Å². The standard InChI is InChI=1S/C8H9NO2/c1-2-4-8(5-3-1)9-10-6-7-11-9/h1-5H,6-7H2. The van der Waals surface area contributed by atoms with Crippen LogP contribution in [0.5, 0.6) is 0 Å². The van der Waals surface area contributed by atoms with Crippen molar-refractivity contribution in [3.05, 3.63) is 30.3 Å². The van der Waals surface area contributed by atoms with Crippen LogP contribution in [0.4, 0.5) is 5.69 Å². The van der Waals surface area contributed by atoms with Gasteiger partial charge in [-0.05, 0) is 12.1 Å². The molecule has 0 aromatic heterocycles. The summed E-state index contributed by atoms with van der Waals surface area (Å²) >= 11 is 0. The Morgan fingerprint density at radius 2 is 1.64 bits per heavy atom. The van der Waals surface area contributed by atoms with Crippen LogP contribution in [0.25, 0.3) is 0 Å². The van der Waals surface area contributed by atoms with Crippen LogP contribution >= 0.6 is 0 Å². The van der Waals surface area contributed by atoms with Crippen LogP contribution in [0.15, 0.2) is 30.3 Å². The molecule has 0 unspecified atom stereocenters. The van der Waals surface area contributed by atoms with Crippen LogP contribution in [-0.2, 0) is 9.68 Å². The van der Waals surface area contributed by atoms with Crippen molar-refractivity contribution < 1.29 is 9.68 Å². The Kier molecular flexibility index (Phi) is 1.75. The summed E-state index contributed by atoms with van der Waals surface area (Å²) in [6.45, 7) is 1.27. The molecular formula is C8H9NO2. The Hall–Kier alpha value is -1.06. The molecule has 3 heteroatoms. The lowest BCUT2D eigenvalue weighted by atomic mass is 10.3. The zero-order chi connectivity index (χ0) is 7.52. The fraction of sp³-hybridized carbons (Fsp3) is 0.250. The number of nitrogens with zero attached hydrogens (tertiary/aromatic N) is 1. The first-order valence-electron chi connectivity index (χ1n) is 3.58. The van der Waals surface area contributed by atoms with Crippen molar-refractivity contribution in [1.29, 1.82) is 0 Å². The van der Waals surface area contributed by atoms with E-state index in [0.717, 1.165) is 5.69 Å². The molecule has 1 saturated heterocycles. The van der Waals surface area contributed by atoms with Crippen LogP contribution in [0.2, 0.25) is 0 Å². The van der Waals surface area contributed by atoms with E-state index >= 15 is 0 Å². The summed E-state index contributed by atoms with van der Waals surface area (Å²) in [5, 5.41) is 1.44. The molecule has 0 bridgehead atoms. The summed E-state index contributed by atoms with van der Waals surface area (Å²) in [5.74, 6) is 0. The highest BCUT2D eigenvalue weighted by Crippen LogP contribution is 2.16. The molecule has 0 N–H and O–H groups in total. The Bertz CT molecular complexity index is 219. The van der Waals surface area contributed by atoms with Crippen LogP contribution in [0, 0.1) is 0 Å². The van der Waals surface area contributed by atoms with Gasteiger partial charge in [0.15, 0.2) is 0 Å². The second kappa shape index (κ2) is 2.90. The second-order valence-corrected chi connectivity index (χ2v) is 2.26. The molecule has 1 aromatic carbocycles. The summed E-state index contributed by atoms with van der Waals surface area (Å²) in [6.07, 6.45) is 0. The Labute approximate surface area is 65.1 Å². The van der Waals surface area contributed by atoms with Gasteiger partial charge in [0.2, 0.25) is 0 Å². The Morgan fingerprint density at radius 3 is 2.27 bits per heavy atom. The maximum atomic E-state index is 5.15. The monoisotopic (exact) mass is 151 g/mol. The molecule has 1 aromatic rings. The minimum absolute atomic E-state index is 0.634. The topological polar surface area (TPSA) is 21.7 Å². The molecule has 58 valence electrons. The van der Waals surface area contributed by atoms with E-state index in [-0.39, 0.29) is 0 Å². The largest absolute Gasteiger partial charge is 0.246 e. The average molecular weight is 151 g/mol. The van der Waals surface area contributed by atoms with Crippen molar-refractivity contribution in [2.45, 2.75) is 0 Å². The quantitative estimate of drug-likeness (QED) is 0.605. The molecule has 1 aliphatic rings. The summed E-state index contributed by atoms with van der Waals surface area (Å²) in [4.78, 5) is 10.3. The van der Waals surface area contributed by atoms with Crippen molar-refractivity contribution in [2.24, 2.45) is 0 Å². The fourth-order valence-electron chi connectivity index (χ4n) is 0.976. The third-order valence-electron chi connectivity index (χ3n) is 1.47. The van der Waals surface area contributed by atoms with Gasteiger partial charge in [-0.3, -0.25) is 0 Å². The van der Waals surface area contributed by atoms with E-state index in [1.807, 2.05) is 30.3 Å². The predicted octanol–water partition coefficient (Wildman–Crippen LogP) is 1.37. The molecule has 0 saturated carbocycles. The van der Waals surface area contributed by atoms with Gasteiger partial charge in [0.1, 0.15) is 13.2 Å². The van der Waals surface area contributed by atoms with E-state index in [4.69, 9.17) is 9.68 Å². The molecule has 2 rings (SSSR count). The minimum atomic E-state index is 0.634. The van der Waals surface area contributed by atoms with E-state index in [0.29, 0.717) is 13.2 Å². The highest BCUT2D eigenvalue weighted by Gasteiger charge is 2.13. The van der Waals surface area contributed by atoms with Crippen LogP contribution < -0.4 is 5.23 Å². The lowest BCUT2D eigenvalue weighted by Gasteiger charge is -2.12. The van der Waals surface area contributed by atoms with E-state index in [1.54, 1.807) is 0 Å². The number of para-hydroxylation sites is 1. The Balaban J connectivity index is 2.16. The molecule has 0 atom stereocenters. The van der Waals surface area contributed by atoms with Crippen molar-refractivity contribution in [3.8, 4) is 0 Å². The number of anilines is 1. The van der Waals surface area contributed by atoms with Gasteiger partial charge >= 0.3 is 0 Å². The normalized spacial score (nSPS) is 17.3. The molecule has 0 aliphatic carbocycles. The van der Waals surface area contributed by atoms with Gasteiger partial charge in [-0.15, -0.1) is 5.23 Å². The first kappa shape index (κ1) is 6.64. The molecule has 1 heterocycles. The second-order valence-electron chi connectivity index (χ2n) is 2.26. The molecule has 11 heavy (non-hydrogen) atoms. The van der Waals surface area contributed by atoms with Gasteiger partial charge in [0, 0.05) is 0 Å². The van der Waals surface area contributed by atoms with E-state index < -0.39 is 0 Å². The minimum Gasteiger partial charge on any atom is -0.246 e. The number of hydrogen-bond acceptors (Lipinski definition) is 3. The van der Waals surface area contributed by atoms with Crippen LogP contribution in [-0.4, -0.2) is 13.2 Å².